The maximum Gasteiger partial charge on any atom is 0.0216 e. The highest BCUT2D eigenvalue weighted by Gasteiger charge is 2.09. The number of thiophene rings is 1. The van der Waals surface area contributed by atoms with Crippen molar-refractivity contribution < 1.29 is 0 Å². The molecule has 0 saturated heterocycles. The summed E-state index contributed by atoms with van der Waals surface area (Å²) in [4.78, 5) is 2.89. The Balaban J connectivity index is 1.75. The molecule has 1 atom stereocenters. The van der Waals surface area contributed by atoms with E-state index in [0.717, 1.165) is 12.5 Å². The van der Waals surface area contributed by atoms with Crippen molar-refractivity contribution in [1.29, 1.82) is 0 Å². The zero-order valence-electron chi connectivity index (χ0n) is 10.3. The SMILES string of the molecule is Cc1cc(CNCC2CC=CCC2)c(C)s1. The van der Waals surface area contributed by atoms with Crippen molar-refractivity contribution in [3.8, 4) is 0 Å². The van der Waals surface area contributed by atoms with Crippen LogP contribution in [0.25, 0.3) is 0 Å². The fourth-order valence-corrected chi connectivity index (χ4v) is 3.26. The van der Waals surface area contributed by atoms with Crippen LogP contribution in [-0.4, -0.2) is 6.54 Å². The van der Waals surface area contributed by atoms with Crippen molar-refractivity contribution in [3.05, 3.63) is 33.5 Å². The average molecular weight is 235 g/mol. The normalized spacial score (nSPS) is 20.2. The van der Waals surface area contributed by atoms with Gasteiger partial charge in [0.05, 0.1) is 0 Å². The minimum atomic E-state index is 0.852. The van der Waals surface area contributed by atoms with Crippen LogP contribution in [0.15, 0.2) is 18.2 Å². The van der Waals surface area contributed by atoms with Gasteiger partial charge in [-0.25, -0.2) is 0 Å². The number of hydrogen-bond acceptors (Lipinski definition) is 2. The molecule has 0 aromatic carbocycles. The summed E-state index contributed by atoms with van der Waals surface area (Å²) < 4.78 is 0. The van der Waals surface area contributed by atoms with Crippen LogP contribution >= 0.6 is 11.3 Å². The van der Waals surface area contributed by atoms with E-state index in [1.54, 1.807) is 0 Å². The minimum Gasteiger partial charge on any atom is -0.312 e. The third-order valence-electron chi connectivity index (χ3n) is 3.27. The number of allylic oxidation sites excluding steroid dienone is 2. The van der Waals surface area contributed by atoms with Crippen molar-refractivity contribution in [2.75, 3.05) is 6.54 Å². The fraction of sp³-hybridized carbons (Fsp3) is 0.571. The molecule has 2 rings (SSSR count). The summed E-state index contributed by atoms with van der Waals surface area (Å²) in [5.41, 5.74) is 1.48. The zero-order valence-corrected chi connectivity index (χ0v) is 11.1. The van der Waals surface area contributed by atoms with Gasteiger partial charge in [0.15, 0.2) is 0 Å². The summed E-state index contributed by atoms with van der Waals surface area (Å²) in [7, 11) is 0. The van der Waals surface area contributed by atoms with E-state index in [0.29, 0.717) is 0 Å². The number of nitrogens with one attached hydrogen (secondary N) is 1. The van der Waals surface area contributed by atoms with Crippen molar-refractivity contribution in [2.45, 2.75) is 39.7 Å². The van der Waals surface area contributed by atoms with Crippen LogP contribution < -0.4 is 5.32 Å². The minimum absolute atomic E-state index is 0.852. The molecule has 1 aliphatic carbocycles. The molecular formula is C14H21NS. The molecule has 0 fully saturated rings. The van der Waals surface area contributed by atoms with E-state index >= 15 is 0 Å². The average Bonchev–Trinajstić information content (AvgIpc) is 2.59. The second kappa shape index (κ2) is 5.65. The smallest absolute Gasteiger partial charge is 0.0216 e. The van der Waals surface area contributed by atoms with E-state index in [4.69, 9.17) is 0 Å². The number of aryl methyl sites for hydroxylation is 2. The van der Waals surface area contributed by atoms with E-state index in [2.05, 4.69) is 37.4 Å². The van der Waals surface area contributed by atoms with Crippen LogP contribution in [0, 0.1) is 19.8 Å². The van der Waals surface area contributed by atoms with Crippen molar-refractivity contribution in [1.82, 2.24) is 5.32 Å². The van der Waals surface area contributed by atoms with E-state index in [-0.39, 0.29) is 0 Å². The van der Waals surface area contributed by atoms with Gasteiger partial charge >= 0.3 is 0 Å². The van der Waals surface area contributed by atoms with Crippen molar-refractivity contribution in [2.24, 2.45) is 5.92 Å². The molecule has 16 heavy (non-hydrogen) atoms. The lowest BCUT2D eigenvalue weighted by Gasteiger charge is -2.18. The van der Waals surface area contributed by atoms with Crippen LogP contribution in [-0.2, 0) is 6.54 Å². The number of hydrogen-bond donors (Lipinski definition) is 1. The summed E-state index contributed by atoms with van der Waals surface area (Å²) in [5, 5.41) is 3.60. The monoisotopic (exact) mass is 235 g/mol. The molecular weight excluding hydrogens is 214 g/mol. The van der Waals surface area contributed by atoms with Gasteiger partial charge in [0.2, 0.25) is 0 Å². The maximum absolute atomic E-state index is 3.60. The van der Waals surface area contributed by atoms with Crippen LogP contribution in [0.3, 0.4) is 0 Å². The second-order valence-corrected chi connectivity index (χ2v) is 6.18. The van der Waals surface area contributed by atoms with Crippen LogP contribution in [0.5, 0.6) is 0 Å². The molecule has 1 N–H and O–H groups in total. The predicted molar refractivity (Wildman–Crippen MR) is 72.0 cm³/mol. The van der Waals surface area contributed by atoms with E-state index < -0.39 is 0 Å². The largest absolute Gasteiger partial charge is 0.312 e. The van der Waals surface area contributed by atoms with E-state index in [1.165, 1.54) is 41.1 Å². The third kappa shape index (κ3) is 3.19. The topological polar surface area (TPSA) is 12.0 Å². The van der Waals surface area contributed by atoms with Crippen LogP contribution in [0.2, 0.25) is 0 Å². The summed E-state index contributed by atoms with van der Waals surface area (Å²) >= 11 is 1.90. The Hall–Kier alpha value is -0.600. The summed E-state index contributed by atoms with van der Waals surface area (Å²) in [5.74, 6) is 0.852. The highest BCUT2D eigenvalue weighted by Crippen LogP contribution is 2.21. The van der Waals surface area contributed by atoms with Crippen LogP contribution in [0.4, 0.5) is 0 Å². The molecule has 1 aliphatic rings. The predicted octanol–water partition coefficient (Wildman–Crippen LogP) is 3.81. The van der Waals surface area contributed by atoms with Crippen molar-refractivity contribution >= 4 is 11.3 Å². The van der Waals surface area contributed by atoms with Gasteiger partial charge in [-0.3, -0.25) is 0 Å². The van der Waals surface area contributed by atoms with Gasteiger partial charge in [-0.15, -0.1) is 11.3 Å². The molecule has 88 valence electrons. The van der Waals surface area contributed by atoms with Crippen molar-refractivity contribution in [3.63, 3.8) is 0 Å². The molecule has 1 unspecified atom stereocenters. The molecule has 0 spiro atoms. The Morgan fingerprint density at radius 1 is 1.38 bits per heavy atom. The molecule has 1 aromatic rings. The Kier molecular flexibility index (Phi) is 4.19. The first-order valence-corrected chi connectivity index (χ1v) is 6.99. The Morgan fingerprint density at radius 3 is 2.88 bits per heavy atom. The quantitative estimate of drug-likeness (QED) is 0.783. The van der Waals surface area contributed by atoms with Gasteiger partial charge in [0.1, 0.15) is 0 Å². The molecule has 0 bridgehead atoms. The Labute approximate surface area is 103 Å². The molecule has 1 heterocycles. The summed E-state index contributed by atoms with van der Waals surface area (Å²) in [6.45, 7) is 6.61. The molecule has 0 saturated carbocycles. The summed E-state index contributed by atoms with van der Waals surface area (Å²) in [6, 6.07) is 2.31. The summed E-state index contributed by atoms with van der Waals surface area (Å²) in [6.07, 6.45) is 8.52. The molecule has 1 nitrogen and oxygen atoms in total. The van der Waals surface area contributed by atoms with Gasteiger partial charge in [-0.05, 0) is 57.2 Å². The van der Waals surface area contributed by atoms with Gasteiger partial charge in [-0.1, -0.05) is 12.2 Å². The first-order valence-electron chi connectivity index (χ1n) is 6.17. The lowest BCUT2D eigenvalue weighted by atomic mass is 9.94. The fourth-order valence-electron chi connectivity index (χ4n) is 2.31. The molecule has 1 aromatic heterocycles. The van der Waals surface area contributed by atoms with E-state index in [9.17, 15) is 0 Å². The molecule has 0 radical (unpaired) electrons. The Bertz CT molecular complexity index is 365. The highest BCUT2D eigenvalue weighted by molar-refractivity contribution is 7.12. The highest BCUT2D eigenvalue weighted by atomic mass is 32.1. The van der Waals surface area contributed by atoms with Gasteiger partial charge < -0.3 is 5.32 Å². The standard InChI is InChI=1S/C14H21NS/c1-11-8-14(12(2)16-11)10-15-9-13-6-4-3-5-7-13/h3-4,8,13,15H,5-7,9-10H2,1-2H3. The maximum atomic E-state index is 3.60. The molecule has 2 heteroatoms. The lowest BCUT2D eigenvalue weighted by Crippen LogP contribution is -2.23. The second-order valence-electron chi connectivity index (χ2n) is 4.72. The lowest BCUT2D eigenvalue weighted by molar-refractivity contribution is 0.440. The zero-order chi connectivity index (χ0) is 11.4. The van der Waals surface area contributed by atoms with Gasteiger partial charge in [0.25, 0.3) is 0 Å². The van der Waals surface area contributed by atoms with Crippen LogP contribution in [0.1, 0.15) is 34.6 Å². The molecule has 0 amide bonds. The van der Waals surface area contributed by atoms with E-state index in [1.807, 2.05) is 11.3 Å². The van der Waals surface area contributed by atoms with Gasteiger partial charge in [-0.2, -0.15) is 0 Å². The van der Waals surface area contributed by atoms with Gasteiger partial charge in [0, 0.05) is 16.3 Å². The first-order chi connectivity index (χ1) is 7.75. The molecule has 0 aliphatic heterocycles. The Morgan fingerprint density at radius 2 is 2.25 bits per heavy atom. The first kappa shape index (κ1) is 11.9. The number of rotatable bonds is 4. The third-order valence-corrected chi connectivity index (χ3v) is 4.28.